The van der Waals surface area contributed by atoms with Crippen LogP contribution in [0.15, 0.2) is 29.4 Å². The van der Waals surface area contributed by atoms with E-state index in [1.54, 1.807) is 0 Å². The Morgan fingerprint density at radius 2 is 2.04 bits per heavy atom. The van der Waals surface area contributed by atoms with E-state index in [1.807, 2.05) is 42.8 Å². The summed E-state index contributed by atoms with van der Waals surface area (Å²) in [5, 5.41) is 12.8. The van der Waals surface area contributed by atoms with Gasteiger partial charge in [0.25, 0.3) is 0 Å². The van der Waals surface area contributed by atoms with Gasteiger partial charge in [-0.15, -0.1) is 10.2 Å². The third-order valence-corrected chi connectivity index (χ3v) is 6.50. The molecular formula is C19H25ClN4OS. The lowest BCUT2D eigenvalue weighted by molar-refractivity contribution is -0.121. The molecule has 1 aliphatic carbocycles. The minimum Gasteiger partial charge on any atom is -0.352 e. The number of nitrogens with zero attached hydrogens (tertiary/aromatic N) is 3. The number of rotatable bonds is 5. The van der Waals surface area contributed by atoms with Crippen molar-refractivity contribution < 1.29 is 4.79 Å². The van der Waals surface area contributed by atoms with Gasteiger partial charge in [-0.3, -0.25) is 4.79 Å². The Balaban J connectivity index is 1.67. The van der Waals surface area contributed by atoms with Crippen LogP contribution in [0.2, 0.25) is 5.02 Å². The molecule has 3 rings (SSSR count). The number of amides is 1. The van der Waals surface area contributed by atoms with E-state index in [9.17, 15) is 4.79 Å². The molecule has 1 amide bonds. The number of halogens is 1. The van der Waals surface area contributed by atoms with Gasteiger partial charge in [-0.1, -0.05) is 55.3 Å². The minimum absolute atomic E-state index is 0.0658. The molecule has 26 heavy (non-hydrogen) atoms. The Hall–Kier alpha value is -1.53. The van der Waals surface area contributed by atoms with E-state index in [0.717, 1.165) is 12.0 Å². The number of aromatic nitrogens is 3. The zero-order valence-electron chi connectivity index (χ0n) is 15.4. The summed E-state index contributed by atoms with van der Waals surface area (Å²) in [6.07, 6.45) is 4.73. The van der Waals surface area contributed by atoms with Crippen molar-refractivity contribution >= 4 is 29.3 Å². The molecule has 140 valence electrons. The summed E-state index contributed by atoms with van der Waals surface area (Å²) >= 11 is 7.69. The highest BCUT2D eigenvalue weighted by Crippen LogP contribution is 2.30. The van der Waals surface area contributed by atoms with Crippen LogP contribution >= 0.6 is 23.4 Å². The van der Waals surface area contributed by atoms with Gasteiger partial charge >= 0.3 is 0 Å². The van der Waals surface area contributed by atoms with E-state index >= 15 is 0 Å². The maximum Gasteiger partial charge on any atom is 0.233 e. The van der Waals surface area contributed by atoms with Gasteiger partial charge in [-0.25, -0.2) is 0 Å². The van der Waals surface area contributed by atoms with E-state index < -0.39 is 0 Å². The Bertz CT molecular complexity index is 779. The second-order valence-corrected chi connectivity index (χ2v) is 8.70. The first-order valence-electron chi connectivity index (χ1n) is 9.08. The lowest BCUT2D eigenvalue weighted by Crippen LogP contribution is -2.44. The van der Waals surface area contributed by atoms with E-state index in [-0.39, 0.29) is 17.2 Å². The molecule has 0 aliphatic heterocycles. The average Bonchev–Trinajstić information content (AvgIpc) is 2.98. The maximum atomic E-state index is 12.6. The fraction of sp³-hybridized carbons (Fsp3) is 0.526. The van der Waals surface area contributed by atoms with Crippen molar-refractivity contribution in [2.24, 2.45) is 13.0 Å². The summed E-state index contributed by atoms with van der Waals surface area (Å²) < 4.78 is 1.89. The second kappa shape index (κ2) is 8.44. The normalized spacial score (nSPS) is 21.4. The average molecular weight is 393 g/mol. The summed E-state index contributed by atoms with van der Waals surface area (Å²) in [7, 11) is 1.90. The van der Waals surface area contributed by atoms with Crippen molar-refractivity contribution in [1.82, 2.24) is 20.1 Å². The third kappa shape index (κ3) is 4.23. The molecule has 1 aromatic heterocycles. The van der Waals surface area contributed by atoms with Crippen molar-refractivity contribution in [3.05, 3.63) is 29.3 Å². The lowest BCUT2D eigenvalue weighted by Gasteiger charge is -2.30. The van der Waals surface area contributed by atoms with Gasteiger partial charge in [0.05, 0.1) is 10.3 Å². The number of benzene rings is 1. The Labute approximate surface area is 163 Å². The van der Waals surface area contributed by atoms with Gasteiger partial charge in [0.15, 0.2) is 11.0 Å². The molecule has 0 bridgehead atoms. The largest absolute Gasteiger partial charge is 0.352 e. The SMILES string of the molecule is CC(Sc1nnc(-c2ccccc2Cl)n1C)C(=O)NC1CCCCC1C. The molecule has 1 heterocycles. The fourth-order valence-corrected chi connectivity index (χ4v) is 4.38. The van der Waals surface area contributed by atoms with Crippen LogP contribution < -0.4 is 5.32 Å². The highest BCUT2D eigenvalue weighted by atomic mass is 35.5. The minimum atomic E-state index is -0.230. The Kier molecular flexibility index (Phi) is 6.24. The lowest BCUT2D eigenvalue weighted by atomic mass is 9.86. The van der Waals surface area contributed by atoms with Gasteiger partial charge in [0.2, 0.25) is 5.91 Å². The Morgan fingerprint density at radius 1 is 1.31 bits per heavy atom. The van der Waals surface area contributed by atoms with E-state index in [2.05, 4.69) is 22.4 Å². The highest BCUT2D eigenvalue weighted by molar-refractivity contribution is 8.00. The molecule has 3 unspecified atom stereocenters. The van der Waals surface area contributed by atoms with Crippen LogP contribution in [0.5, 0.6) is 0 Å². The van der Waals surface area contributed by atoms with Crippen LogP contribution in [0.25, 0.3) is 11.4 Å². The molecule has 3 atom stereocenters. The first-order chi connectivity index (χ1) is 12.5. The van der Waals surface area contributed by atoms with Crippen LogP contribution in [-0.4, -0.2) is 32.0 Å². The molecule has 0 saturated heterocycles. The van der Waals surface area contributed by atoms with Gasteiger partial charge in [-0.05, 0) is 37.8 Å². The zero-order valence-corrected chi connectivity index (χ0v) is 17.0. The van der Waals surface area contributed by atoms with Crippen LogP contribution in [0.4, 0.5) is 0 Å². The Morgan fingerprint density at radius 3 is 2.77 bits per heavy atom. The van der Waals surface area contributed by atoms with Gasteiger partial charge in [0, 0.05) is 18.7 Å². The number of hydrogen-bond acceptors (Lipinski definition) is 4. The molecule has 1 aliphatic rings. The molecule has 1 aromatic carbocycles. The first-order valence-corrected chi connectivity index (χ1v) is 10.3. The smallest absolute Gasteiger partial charge is 0.233 e. The highest BCUT2D eigenvalue weighted by Gasteiger charge is 2.26. The van der Waals surface area contributed by atoms with E-state index in [0.29, 0.717) is 21.9 Å². The van der Waals surface area contributed by atoms with Crippen molar-refractivity contribution in [3.63, 3.8) is 0 Å². The second-order valence-electron chi connectivity index (χ2n) is 6.98. The van der Waals surface area contributed by atoms with E-state index in [1.165, 1.54) is 31.0 Å². The van der Waals surface area contributed by atoms with Crippen molar-refractivity contribution in [1.29, 1.82) is 0 Å². The summed E-state index contributed by atoms with van der Waals surface area (Å²) in [5.74, 6) is 1.31. The van der Waals surface area contributed by atoms with Crippen molar-refractivity contribution in [2.75, 3.05) is 0 Å². The predicted molar refractivity (Wildman–Crippen MR) is 106 cm³/mol. The van der Waals surface area contributed by atoms with Crippen LogP contribution in [0.1, 0.15) is 39.5 Å². The molecule has 0 radical (unpaired) electrons. The monoisotopic (exact) mass is 392 g/mol. The molecule has 1 fully saturated rings. The summed E-state index contributed by atoms with van der Waals surface area (Å²) in [6.45, 7) is 4.14. The quantitative estimate of drug-likeness (QED) is 0.770. The molecule has 5 nitrogen and oxygen atoms in total. The van der Waals surface area contributed by atoms with Crippen LogP contribution in [0, 0.1) is 5.92 Å². The topological polar surface area (TPSA) is 59.8 Å². The molecule has 1 N–H and O–H groups in total. The molecule has 7 heteroatoms. The van der Waals surface area contributed by atoms with E-state index in [4.69, 9.17) is 11.6 Å². The van der Waals surface area contributed by atoms with Crippen molar-refractivity contribution in [2.45, 2.75) is 56.0 Å². The van der Waals surface area contributed by atoms with Crippen LogP contribution in [0.3, 0.4) is 0 Å². The number of thioether (sulfide) groups is 1. The number of nitrogens with one attached hydrogen (secondary N) is 1. The fourth-order valence-electron chi connectivity index (χ4n) is 3.34. The standard InChI is InChI=1S/C19H25ClN4OS/c1-12-8-4-7-11-16(12)21-18(25)13(2)26-19-23-22-17(24(19)3)14-9-5-6-10-15(14)20/h5-6,9-10,12-13,16H,4,7-8,11H2,1-3H3,(H,21,25). The molecular weight excluding hydrogens is 368 g/mol. The number of carbonyl (C=O) groups excluding carboxylic acids is 1. The summed E-state index contributed by atoms with van der Waals surface area (Å²) in [6, 6.07) is 7.85. The summed E-state index contributed by atoms with van der Waals surface area (Å²) in [4.78, 5) is 12.6. The molecule has 2 aromatic rings. The maximum absolute atomic E-state index is 12.6. The third-order valence-electron chi connectivity index (χ3n) is 5.04. The zero-order chi connectivity index (χ0) is 18.7. The van der Waals surface area contributed by atoms with Gasteiger partial charge in [-0.2, -0.15) is 0 Å². The number of carbonyl (C=O) groups is 1. The summed E-state index contributed by atoms with van der Waals surface area (Å²) in [5.41, 5.74) is 0.837. The van der Waals surface area contributed by atoms with Crippen molar-refractivity contribution in [3.8, 4) is 11.4 Å². The first kappa shape index (κ1) is 19.2. The van der Waals surface area contributed by atoms with Gasteiger partial charge < -0.3 is 9.88 Å². The molecule has 1 saturated carbocycles. The predicted octanol–water partition coefficient (Wildman–Crippen LogP) is 4.31. The van der Waals surface area contributed by atoms with Crippen LogP contribution in [-0.2, 0) is 11.8 Å². The number of hydrogen-bond donors (Lipinski definition) is 1. The van der Waals surface area contributed by atoms with Gasteiger partial charge in [0.1, 0.15) is 0 Å². The molecule has 0 spiro atoms.